The average Bonchev–Trinajstić information content (AvgIpc) is 2.11. The molecule has 0 saturated carbocycles. The Kier molecular flexibility index (Phi) is 4.33. The summed E-state index contributed by atoms with van der Waals surface area (Å²) < 4.78 is 26.3. The number of carbonyl (C=O) groups excluding carboxylic acids is 1. The van der Waals surface area contributed by atoms with Gasteiger partial charge in [-0.3, -0.25) is 4.79 Å². The molecule has 106 valence electrons. The maximum Gasteiger partial charge on any atom is 0.254 e. The lowest BCUT2D eigenvalue weighted by Crippen LogP contribution is -2.46. The van der Waals surface area contributed by atoms with Gasteiger partial charge in [0.15, 0.2) is 0 Å². The second-order valence-corrected chi connectivity index (χ2v) is 6.70. The van der Waals surface area contributed by atoms with Gasteiger partial charge in [-0.25, -0.2) is 8.78 Å². The van der Waals surface area contributed by atoms with Gasteiger partial charge in [-0.1, -0.05) is 20.8 Å². The van der Waals surface area contributed by atoms with E-state index in [1.54, 1.807) is 0 Å². The van der Waals surface area contributed by atoms with Gasteiger partial charge in [-0.05, 0) is 37.8 Å². The van der Waals surface area contributed by atoms with Gasteiger partial charge in [-0.2, -0.15) is 0 Å². The third kappa shape index (κ3) is 4.97. The lowest BCUT2D eigenvalue weighted by molar-refractivity contribution is 0.0887. The lowest BCUT2D eigenvalue weighted by Gasteiger charge is -2.33. The Morgan fingerprint density at radius 1 is 1.16 bits per heavy atom. The second-order valence-electron chi connectivity index (χ2n) is 6.70. The molecule has 0 saturated heterocycles. The molecule has 0 unspecified atom stereocenters. The van der Waals surface area contributed by atoms with Crippen molar-refractivity contribution in [1.29, 1.82) is 0 Å². The van der Waals surface area contributed by atoms with Crippen molar-refractivity contribution in [3.05, 3.63) is 35.4 Å². The SMILES string of the molecule is CC(C)(C)CC(C)(C)NC(=O)c1ccc(F)cc1F. The van der Waals surface area contributed by atoms with E-state index in [0.717, 1.165) is 18.6 Å². The minimum absolute atomic E-state index is 0.0398. The quantitative estimate of drug-likeness (QED) is 0.885. The van der Waals surface area contributed by atoms with E-state index in [-0.39, 0.29) is 11.0 Å². The smallest absolute Gasteiger partial charge is 0.254 e. The van der Waals surface area contributed by atoms with Crippen molar-refractivity contribution < 1.29 is 13.6 Å². The van der Waals surface area contributed by atoms with Crippen LogP contribution in [0.15, 0.2) is 18.2 Å². The van der Waals surface area contributed by atoms with E-state index in [9.17, 15) is 13.6 Å². The first-order chi connectivity index (χ1) is 8.50. The van der Waals surface area contributed by atoms with Crippen molar-refractivity contribution in [2.45, 2.75) is 46.6 Å². The normalized spacial score (nSPS) is 12.4. The first kappa shape index (κ1) is 15.6. The van der Waals surface area contributed by atoms with Crippen molar-refractivity contribution >= 4 is 5.91 Å². The van der Waals surface area contributed by atoms with Crippen LogP contribution in [-0.2, 0) is 0 Å². The van der Waals surface area contributed by atoms with E-state index >= 15 is 0 Å². The monoisotopic (exact) mass is 269 g/mol. The fourth-order valence-electron chi connectivity index (χ4n) is 2.42. The van der Waals surface area contributed by atoms with Gasteiger partial charge >= 0.3 is 0 Å². The van der Waals surface area contributed by atoms with Gasteiger partial charge in [0, 0.05) is 11.6 Å². The molecule has 1 rings (SSSR count). The molecule has 1 amide bonds. The molecular formula is C15H21F2NO. The van der Waals surface area contributed by atoms with Gasteiger partial charge in [0.1, 0.15) is 11.6 Å². The Labute approximate surface area is 113 Å². The molecule has 0 spiro atoms. The molecule has 0 aliphatic rings. The Hall–Kier alpha value is -1.45. The highest BCUT2D eigenvalue weighted by molar-refractivity contribution is 5.94. The number of benzene rings is 1. The van der Waals surface area contributed by atoms with Crippen LogP contribution in [0.1, 0.15) is 51.4 Å². The second kappa shape index (κ2) is 5.27. The number of halogens is 2. The number of rotatable bonds is 3. The van der Waals surface area contributed by atoms with Gasteiger partial charge in [-0.15, -0.1) is 0 Å². The van der Waals surface area contributed by atoms with Gasteiger partial charge < -0.3 is 5.32 Å². The summed E-state index contributed by atoms with van der Waals surface area (Å²) in [7, 11) is 0. The van der Waals surface area contributed by atoms with Gasteiger partial charge in [0.2, 0.25) is 0 Å². The summed E-state index contributed by atoms with van der Waals surface area (Å²) in [5, 5.41) is 2.79. The van der Waals surface area contributed by atoms with Crippen LogP contribution in [0.3, 0.4) is 0 Å². The first-order valence-electron chi connectivity index (χ1n) is 6.28. The predicted molar refractivity (Wildman–Crippen MR) is 72.0 cm³/mol. The number of nitrogens with one attached hydrogen (secondary N) is 1. The Bertz CT molecular complexity index is 476. The zero-order chi connectivity index (χ0) is 14.8. The average molecular weight is 269 g/mol. The zero-order valence-electron chi connectivity index (χ0n) is 12.1. The summed E-state index contributed by atoms with van der Waals surface area (Å²) >= 11 is 0. The summed E-state index contributed by atoms with van der Waals surface area (Å²) in [5.74, 6) is -2.06. The third-order valence-electron chi connectivity index (χ3n) is 2.60. The van der Waals surface area contributed by atoms with E-state index in [0.29, 0.717) is 6.07 Å². The molecule has 19 heavy (non-hydrogen) atoms. The van der Waals surface area contributed by atoms with E-state index in [2.05, 4.69) is 26.1 Å². The molecular weight excluding hydrogens is 248 g/mol. The molecule has 2 nitrogen and oxygen atoms in total. The molecule has 0 aliphatic carbocycles. The largest absolute Gasteiger partial charge is 0.347 e. The maximum atomic E-state index is 13.5. The molecule has 4 heteroatoms. The van der Waals surface area contributed by atoms with E-state index < -0.39 is 23.1 Å². The van der Waals surface area contributed by atoms with Crippen LogP contribution >= 0.6 is 0 Å². The first-order valence-corrected chi connectivity index (χ1v) is 6.28. The van der Waals surface area contributed by atoms with Crippen molar-refractivity contribution in [1.82, 2.24) is 5.32 Å². The molecule has 0 radical (unpaired) electrons. The highest BCUT2D eigenvalue weighted by atomic mass is 19.1. The fourth-order valence-corrected chi connectivity index (χ4v) is 2.42. The van der Waals surface area contributed by atoms with Gasteiger partial charge in [0.05, 0.1) is 5.56 Å². The van der Waals surface area contributed by atoms with E-state index in [4.69, 9.17) is 0 Å². The van der Waals surface area contributed by atoms with Crippen LogP contribution in [0.25, 0.3) is 0 Å². The van der Waals surface area contributed by atoms with Crippen LogP contribution in [0.4, 0.5) is 8.78 Å². The molecule has 1 aromatic rings. The highest BCUT2D eigenvalue weighted by Crippen LogP contribution is 2.27. The summed E-state index contributed by atoms with van der Waals surface area (Å²) in [6.07, 6.45) is 0.745. The number of amides is 1. The number of hydrogen-bond acceptors (Lipinski definition) is 1. The standard InChI is InChI=1S/C15H21F2NO/c1-14(2,3)9-15(4,5)18-13(19)11-7-6-10(16)8-12(11)17/h6-8H,9H2,1-5H3,(H,18,19). The summed E-state index contributed by atoms with van der Waals surface area (Å²) in [5.41, 5.74) is -0.558. The summed E-state index contributed by atoms with van der Waals surface area (Å²) in [6.45, 7) is 9.98. The van der Waals surface area contributed by atoms with Crippen LogP contribution < -0.4 is 5.32 Å². The fraction of sp³-hybridized carbons (Fsp3) is 0.533. The number of carbonyl (C=O) groups is 1. The molecule has 1 N–H and O–H groups in total. The van der Waals surface area contributed by atoms with Crippen molar-refractivity contribution in [2.75, 3.05) is 0 Å². The molecule has 0 aliphatic heterocycles. The van der Waals surface area contributed by atoms with E-state index in [1.165, 1.54) is 0 Å². The Morgan fingerprint density at radius 3 is 2.21 bits per heavy atom. The number of hydrogen-bond donors (Lipinski definition) is 1. The lowest BCUT2D eigenvalue weighted by atomic mass is 9.81. The Balaban J connectivity index is 2.84. The van der Waals surface area contributed by atoms with Crippen molar-refractivity contribution in [3.8, 4) is 0 Å². The molecule has 1 aromatic carbocycles. The molecule has 0 bridgehead atoms. The minimum Gasteiger partial charge on any atom is -0.347 e. The predicted octanol–water partition coefficient (Wildman–Crippen LogP) is 3.91. The Morgan fingerprint density at radius 2 is 1.74 bits per heavy atom. The van der Waals surface area contributed by atoms with Gasteiger partial charge in [0.25, 0.3) is 5.91 Å². The van der Waals surface area contributed by atoms with Crippen LogP contribution in [0.2, 0.25) is 0 Å². The minimum atomic E-state index is -0.843. The van der Waals surface area contributed by atoms with Crippen molar-refractivity contribution in [3.63, 3.8) is 0 Å². The highest BCUT2D eigenvalue weighted by Gasteiger charge is 2.28. The summed E-state index contributed by atoms with van der Waals surface area (Å²) in [4.78, 5) is 12.0. The molecule has 0 atom stereocenters. The van der Waals surface area contributed by atoms with Crippen LogP contribution in [0, 0.1) is 17.0 Å². The molecule has 0 fully saturated rings. The zero-order valence-corrected chi connectivity index (χ0v) is 12.1. The summed E-state index contributed by atoms with van der Waals surface area (Å²) in [6, 6.07) is 2.95. The van der Waals surface area contributed by atoms with Crippen molar-refractivity contribution in [2.24, 2.45) is 5.41 Å². The topological polar surface area (TPSA) is 29.1 Å². The molecule has 0 heterocycles. The third-order valence-corrected chi connectivity index (χ3v) is 2.60. The maximum absolute atomic E-state index is 13.5. The van der Waals surface area contributed by atoms with Crippen LogP contribution in [0.5, 0.6) is 0 Å². The van der Waals surface area contributed by atoms with E-state index in [1.807, 2.05) is 13.8 Å². The molecule has 0 aromatic heterocycles. The van der Waals surface area contributed by atoms with Crippen LogP contribution in [-0.4, -0.2) is 11.4 Å².